The number of fused-ring (bicyclic) bond motifs is 1. The second-order valence-electron chi connectivity index (χ2n) is 5.93. The Morgan fingerprint density at radius 3 is 3.00 bits per heavy atom. The highest BCUT2D eigenvalue weighted by Crippen LogP contribution is 2.33. The molecule has 1 saturated carbocycles. The Bertz CT molecular complexity index is 440. The normalized spacial score (nSPS) is 20.4. The molecule has 0 aromatic heterocycles. The summed E-state index contributed by atoms with van der Waals surface area (Å²) in [5.41, 5.74) is 8.98. The van der Waals surface area contributed by atoms with Gasteiger partial charge < -0.3 is 15.4 Å². The van der Waals surface area contributed by atoms with Crippen LogP contribution in [0.1, 0.15) is 30.4 Å². The lowest BCUT2D eigenvalue weighted by Crippen LogP contribution is -2.36. The lowest BCUT2D eigenvalue weighted by Gasteiger charge is -2.22. The molecule has 0 saturated heterocycles. The van der Waals surface area contributed by atoms with E-state index in [0.717, 1.165) is 38.3 Å². The number of aryl methyl sites for hydroxylation is 1. The molecule has 3 heteroatoms. The van der Waals surface area contributed by atoms with Crippen molar-refractivity contribution in [2.75, 3.05) is 20.2 Å². The minimum atomic E-state index is 0.103. The summed E-state index contributed by atoms with van der Waals surface area (Å²) in [6, 6.07) is 6.59. The fourth-order valence-corrected chi connectivity index (χ4v) is 2.74. The Labute approximate surface area is 109 Å². The average Bonchev–Trinajstić information content (AvgIpc) is 3.06. The Balaban J connectivity index is 1.65. The Morgan fingerprint density at radius 2 is 2.22 bits per heavy atom. The zero-order valence-corrected chi connectivity index (χ0v) is 11.1. The van der Waals surface area contributed by atoms with Gasteiger partial charge in [0.25, 0.3) is 0 Å². The second kappa shape index (κ2) is 4.56. The number of likely N-dealkylation sites (N-methyl/N-ethyl adjacent to an activating group) is 1. The molecule has 1 aliphatic carbocycles. The van der Waals surface area contributed by atoms with E-state index in [-0.39, 0.29) is 5.54 Å². The van der Waals surface area contributed by atoms with Gasteiger partial charge in [0.05, 0.1) is 6.61 Å². The van der Waals surface area contributed by atoms with E-state index >= 15 is 0 Å². The van der Waals surface area contributed by atoms with Crippen LogP contribution in [0.15, 0.2) is 18.2 Å². The highest BCUT2D eigenvalue weighted by molar-refractivity contribution is 5.38. The van der Waals surface area contributed by atoms with E-state index in [1.807, 2.05) is 0 Å². The summed E-state index contributed by atoms with van der Waals surface area (Å²) in [7, 11) is 2.16. The van der Waals surface area contributed by atoms with Crippen LogP contribution in [0.2, 0.25) is 0 Å². The maximum Gasteiger partial charge on any atom is 0.122 e. The van der Waals surface area contributed by atoms with Crippen molar-refractivity contribution in [3.8, 4) is 5.75 Å². The van der Waals surface area contributed by atoms with E-state index in [1.54, 1.807) is 0 Å². The van der Waals surface area contributed by atoms with Gasteiger partial charge in [0.15, 0.2) is 0 Å². The van der Waals surface area contributed by atoms with Crippen LogP contribution in [0.25, 0.3) is 0 Å². The molecular formula is C15H22N2O. The van der Waals surface area contributed by atoms with Crippen molar-refractivity contribution in [1.29, 1.82) is 0 Å². The van der Waals surface area contributed by atoms with Crippen LogP contribution in [0, 0.1) is 0 Å². The first-order valence-electron chi connectivity index (χ1n) is 6.87. The minimum absolute atomic E-state index is 0.103. The van der Waals surface area contributed by atoms with Gasteiger partial charge in [0.1, 0.15) is 5.75 Å². The number of rotatable bonds is 4. The topological polar surface area (TPSA) is 38.5 Å². The molecule has 3 rings (SSSR count). The van der Waals surface area contributed by atoms with Gasteiger partial charge >= 0.3 is 0 Å². The van der Waals surface area contributed by atoms with Crippen molar-refractivity contribution in [2.24, 2.45) is 5.73 Å². The molecule has 1 heterocycles. The number of ether oxygens (including phenoxy) is 1. The predicted octanol–water partition coefficient (Wildman–Crippen LogP) is 1.93. The van der Waals surface area contributed by atoms with Crippen molar-refractivity contribution >= 4 is 0 Å². The molecule has 0 amide bonds. The van der Waals surface area contributed by atoms with Crippen LogP contribution in [0.4, 0.5) is 0 Å². The van der Waals surface area contributed by atoms with E-state index < -0.39 is 0 Å². The SMILES string of the molecule is CN(Cc1ccc2c(c1)CCCO2)CC1(N)CC1. The monoisotopic (exact) mass is 246 g/mol. The largest absolute Gasteiger partial charge is 0.493 e. The molecule has 3 nitrogen and oxygen atoms in total. The van der Waals surface area contributed by atoms with Crippen molar-refractivity contribution in [3.63, 3.8) is 0 Å². The first-order valence-corrected chi connectivity index (χ1v) is 6.87. The van der Waals surface area contributed by atoms with Gasteiger partial charge in [0.2, 0.25) is 0 Å². The van der Waals surface area contributed by atoms with Crippen LogP contribution in [-0.4, -0.2) is 30.6 Å². The molecule has 0 unspecified atom stereocenters. The van der Waals surface area contributed by atoms with Crippen molar-refractivity contribution in [3.05, 3.63) is 29.3 Å². The van der Waals surface area contributed by atoms with Crippen molar-refractivity contribution in [2.45, 2.75) is 37.8 Å². The van der Waals surface area contributed by atoms with Crippen LogP contribution in [0.5, 0.6) is 5.75 Å². The zero-order chi connectivity index (χ0) is 12.6. The molecule has 1 aromatic rings. The third-order valence-electron chi connectivity index (χ3n) is 3.90. The number of benzene rings is 1. The molecule has 1 fully saturated rings. The van der Waals surface area contributed by atoms with Crippen LogP contribution in [0.3, 0.4) is 0 Å². The van der Waals surface area contributed by atoms with Gasteiger partial charge in [-0.05, 0) is 49.9 Å². The highest BCUT2D eigenvalue weighted by atomic mass is 16.5. The summed E-state index contributed by atoms with van der Waals surface area (Å²) in [6.45, 7) is 2.84. The van der Waals surface area contributed by atoms with E-state index in [1.165, 1.54) is 24.0 Å². The van der Waals surface area contributed by atoms with Gasteiger partial charge in [-0.25, -0.2) is 0 Å². The molecule has 98 valence electrons. The van der Waals surface area contributed by atoms with Crippen LogP contribution >= 0.6 is 0 Å². The first kappa shape index (κ1) is 12.0. The molecule has 1 aromatic carbocycles. The van der Waals surface area contributed by atoms with Gasteiger partial charge in [-0.15, -0.1) is 0 Å². The van der Waals surface area contributed by atoms with Gasteiger partial charge in [-0.3, -0.25) is 0 Å². The standard InChI is InChI=1S/C15H22N2O/c1-17(11-15(16)6-7-15)10-12-4-5-14-13(9-12)3-2-8-18-14/h4-5,9H,2-3,6-8,10-11,16H2,1H3. The summed E-state index contributed by atoms with van der Waals surface area (Å²) in [6.07, 6.45) is 4.64. The Morgan fingerprint density at radius 1 is 1.39 bits per heavy atom. The molecule has 0 spiro atoms. The van der Waals surface area contributed by atoms with E-state index in [9.17, 15) is 0 Å². The fraction of sp³-hybridized carbons (Fsp3) is 0.600. The van der Waals surface area contributed by atoms with Crippen LogP contribution in [-0.2, 0) is 13.0 Å². The third-order valence-corrected chi connectivity index (χ3v) is 3.90. The minimum Gasteiger partial charge on any atom is -0.493 e. The number of nitrogens with two attached hydrogens (primary N) is 1. The number of nitrogens with zero attached hydrogens (tertiary/aromatic N) is 1. The molecule has 0 radical (unpaired) electrons. The molecule has 0 bridgehead atoms. The Hall–Kier alpha value is -1.06. The smallest absolute Gasteiger partial charge is 0.122 e. The lowest BCUT2D eigenvalue weighted by atomic mass is 10.0. The quantitative estimate of drug-likeness (QED) is 0.882. The van der Waals surface area contributed by atoms with E-state index in [0.29, 0.717) is 0 Å². The second-order valence-corrected chi connectivity index (χ2v) is 5.93. The maximum absolute atomic E-state index is 6.15. The summed E-state index contributed by atoms with van der Waals surface area (Å²) in [4.78, 5) is 2.33. The van der Waals surface area contributed by atoms with Crippen molar-refractivity contribution in [1.82, 2.24) is 4.90 Å². The maximum atomic E-state index is 6.15. The van der Waals surface area contributed by atoms with E-state index in [4.69, 9.17) is 10.5 Å². The molecule has 2 N–H and O–H groups in total. The molecule has 1 aliphatic heterocycles. The third kappa shape index (κ3) is 2.68. The highest BCUT2D eigenvalue weighted by Gasteiger charge is 2.38. The fourth-order valence-electron chi connectivity index (χ4n) is 2.74. The Kier molecular flexibility index (Phi) is 3.04. The zero-order valence-electron chi connectivity index (χ0n) is 11.1. The van der Waals surface area contributed by atoms with Crippen molar-refractivity contribution < 1.29 is 4.74 Å². The van der Waals surface area contributed by atoms with E-state index in [2.05, 4.69) is 30.1 Å². The summed E-state index contributed by atoms with van der Waals surface area (Å²) in [5, 5.41) is 0. The van der Waals surface area contributed by atoms with Gasteiger partial charge in [0, 0.05) is 18.6 Å². The van der Waals surface area contributed by atoms with Gasteiger partial charge in [-0.1, -0.05) is 12.1 Å². The average molecular weight is 246 g/mol. The van der Waals surface area contributed by atoms with Gasteiger partial charge in [-0.2, -0.15) is 0 Å². The molecule has 0 atom stereocenters. The summed E-state index contributed by atoms with van der Waals surface area (Å²) in [5.74, 6) is 1.07. The molecule has 2 aliphatic rings. The molecule has 18 heavy (non-hydrogen) atoms. The number of hydrogen-bond acceptors (Lipinski definition) is 3. The molecular weight excluding hydrogens is 224 g/mol. The first-order chi connectivity index (χ1) is 8.65. The van der Waals surface area contributed by atoms with Crippen LogP contribution < -0.4 is 10.5 Å². The summed E-state index contributed by atoms with van der Waals surface area (Å²) >= 11 is 0. The lowest BCUT2D eigenvalue weighted by molar-refractivity contribution is 0.284. The predicted molar refractivity (Wildman–Crippen MR) is 72.7 cm³/mol. The number of hydrogen-bond donors (Lipinski definition) is 1. The summed E-state index contributed by atoms with van der Waals surface area (Å²) < 4.78 is 5.64.